The van der Waals surface area contributed by atoms with Crippen LogP contribution in [0.5, 0.6) is 0 Å². The molecule has 1 fully saturated rings. The summed E-state index contributed by atoms with van der Waals surface area (Å²) in [5.41, 5.74) is 0.373. The molecule has 0 radical (unpaired) electrons. The zero-order valence-corrected chi connectivity index (χ0v) is 13.8. The van der Waals surface area contributed by atoms with Gasteiger partial charge >= 0.3 is 0 Å². The molecule has 1 unspecified atom stereocenters. The Morgan fingerprint density at radius 2 is 2.26 bits per heavy atom. The minimum atomic E-state index is -0.196. The highest BCUT2D eigenvalue weighted by Crippen LogP contribution is 2.26. The summed E-state index contributed by atoms with van der Waals surface area (Å²) in [5.74, 6) is 0.789. The van der Waals surface area contributed by atoms with Crippen molar-refractivity contribution in [2.45, 2.75) is 25.7 Å². The van der Waals surface area contributed by atoms with Gasteiger partial charge in [0.1, 0.15) is 17.8 Å². The normalized spacial score (nSPS) is 18.0. The molecule has 0 saturated carbocycles. The molecule has 2 amide bonds. The van der Waals surface area contributed by atoms with E-state index in [1.807, 2.05) is 11.6 Å². The van der Waals surface area contributed by atoms with E-state index in [2.05, 4.69) is 20.5 Å². The number of carbonyl (C=O) groups is 2. The molecule has 3 heterocycles. The molecule has 8 nitrogen and oxygen atoms in total. The van der Waals surface area contributed by atoms with E-state index >= 15 is 0 Å². The number of carbonyl (C=O) groups excluding carboxylic acids is 2. The van der Waals surface area contributed by atoms with Crippen LogP contribution in [0.2, 0.25) is 0 Å². The Bertz CT molecular complexity index is 724. The van der Waals surface area contributed by atoms with Crippen LogP contribution in [0.4, 0.5) is 5.13 Å². The lowest BCUT2D eigenvalue weighted by molar-refractivity contribution is -0.114. The highest BCUT2D eigenvalue weighted by atomic mass is 32.1. The molecule has 2 aromatic heterocycles. The molecular weight excluding hydrogens is 316 g/mol. The Labute approximate surface area is 137 Å². The van der Waals surface area contributed by atoms with Gasteiger partial charge in [-0.15, -0.1) is 21.5 Å². The predicted octanol–water partition coefficient (Wildman–Crippen LogP) is 1.25. The van der Waals surface area contributed by atoms with E-state index in [9.17, 15) is 9.59 Å². The van der Waals surface area contributed by atoms with Crippen LogP contribution in [0.25, 0.3) is 0 Å². The molecule has 1 aliphatic rings. The number of nitrogens with one attached hydrogen (secondary N) is 1. The van der Waals surface area contributed by atoms with Gasteiger partial charge in [-0.2, -0.15) is 0 Å². The first kappa shape index (κ1) is 15.6. The number of anilines is 1. The lowest BCUT2D eigenvalue weighted by atomic mass is 9.97. The van der Waals surface area contributed by atoms with Gasteiger partial charge in [0.2, 0.25) is 5.91 Å². The number of amides is 2. The molecule has 0 bridgehead atoms. The number of piperidine rings is 1. The Hall–Kier alpha value is -2.29. The SMILES string of the molecule is CC(=O)Nc1nc(C(=O)N2CCCC(c3nncn3C)C2)cs1. The third-order valence-electron chi connectivity index (χ3n) is 3.83. The van der Waals surface area contributed by atoms with Crippen molar-refractivity contribution in [3.8, 4) is 0 Å². The van der Waals surface area contributed by atoms with Crippen LogP contribution in [-0.4, -0.2) is 49.6 Å². The van der Waals surface area contributed by atoms with Gasteiger partial charge in [-0.05, 0) is 12.8 Å². The summed E-state index contributed by atoms with van der Waals surface area (Å²) in [6.45, 7) is 2.73. The van der Waals surface area contributed by atoms with Crippen LogP contribution >= 0.6 is 11.3 Å². The van der Waals surface area contributed by atoms with Crippen molar-refractivity contribution < 1.29 is 9.59 Å². The molecule has 9 heteroatoms. The maximum atomic E-state index is 12.6. The standard InChI is InChI=1S/C14H18N6O2S/c1-9(21)16-14-17-11(7-23-14)13(22)20-5-3-4-10(6-20)12-18-15-8-19(12)2/h7-8,10H,3-6H2,1-2H3,(H,16,17,21). The third-order valence-corrected chi connectivity index (χ3v) is 4.58. The zero-order valence-electron chi connectivity index (χ0n) is 13.0. The van der Waals surface area contributed by atoms with Crippen LogP contribution in [0, 0.1) is 0 Å². The third kappa shape index (κ3) is 3.39. The van der Waals surface area contributed by atoms with Gasteiger partial charge in [0.15, 0.2) is 5.13 Å². The van der Waals surface area contributed by atoms with E-state index in [-0.39, 0.29) is 17.7 Å². The summed E-state index contributed by atoms with van der Waals surface area (Å²) in [7, 11) is 1.91. The number of aryl methyl sites for hydroxylation is 1. The highest BCUT2D eigenvalue weighted by molar-refractivity contribution is 7.14. The molecule has 0 aromatic carbocycles. The largest absolute Gasteiger partial charge is 0.337 e. The zero-order chi connectivity index (χ0) is 16.4. The van der Waals surface area contributed by atoms with Crippen LogP contribution in [0.3, 0.4) is 0 Å². The van der Waals surface area contributed by atoms with Crippen molar-refractivity contribution in [3.63, 3.8) is 0 Å². The fourth-order valence-electron chi connectivity index (χ4n) is 2.78. The number of aromatic nitrogens is 4. The minimum absolute atomic E-state index is 0.107. The average Bonchev–Trinajstić information content (AvgIpc) is 3.15. The molecule has 1 aliphatic heterocycles. The van der Waals surface area contributed by atoms with Gasteiger partial charge < -0.3 is 14.8 Å². The summed E-state index contributed by atoms with van der Waals surface area (Å²) in [4.78, 5) is 29.7. The molecule has 1 N–H and O–H groups in total. The second-order valence-electron chi connectivity index (χ2n) is 5.61. The monoisotopic (exact) mass is 334 g/mol. The van der Waals surface area contributed by atoms with Crippen LogP contribution in [0.1, 0.15) is 42.0 Å². The van der Waals surface area contributed by atoms with Gasteiger partial charge in [-0.25, -0.2) is 4.98 Å². The summed E-state index contributed by atoms with van der Waals surface area (Å²) in [5, 5.41) is 12.8. The van der Waals surface area contributed by atoms with Gasteiger partial charge in [0.05, 0.1) is 0 Å². The maximum absolute atomic E-state index is 12.6. The van der Waals surface area contributed by atoms with E-state index in [1.54, 1.807) is 16.6 Å². The first-order valence-electron chi connectivity index (χ1n) is 7.41. The summed E-state index contributed by atoms with van der Waals surface area (Å²) in [6.07, 6.45) is 3.59. The fourth-order valence-corrected chi connectivity index (χ4v) is 3.51. The van der Waals surface area contributed by atoms with E-state index in [0.29, 0.717) is 23.9 Å². The second kappa shape index (κ2) is 6.45. The molecule has 1 saturated heterocycles. The predicted molar refractivity (Wildman–Crippen MR) is 85.3 cm³/mol. The molecule has 0 aliphatic carbocycles. The quantitative estimate of drug-likeness (QED) is 0.912. The first-order valence-corrected chi connectivity index (χ1v) is 8.29. The number of hydrogen-bond donors (Lipinski definition) is 1. The molecule has 23 heavy (non-hydrogen) atoms. The number of hydrogen-bond acceptors (Lipinski definition) is 6. The molecular formula is C14H18N6O2S. The Morgan fingerprint density at radius 3 is 2.96 bits per heavy atom. The maximum Gasteiger partial charge on any atom is 0.273 e. The van der Waals surface area contributed by atoms with E-state index in [0.717, 1.165) is 18.7 Å². The highest BCUT2D eigenvalue weighted by Gasteiger charge is 2.29. The van der Waals surface area contributed by atoms with Crippen molar-refractivity contribution in [3.05, 3.63) is 23.2 Å². The second-order valence-corrected chi connectivity index (χ2v) is 6.47. The molecule has 2 aromatic rings. The summed E-state index contributed by atoms with van der Waals surface area (Å²) in [6, 6.07) is 0. The number of likely N-dealkylation sites (tertiary alicyclic amines) is 1. The van der Waals surface area contributed by atoms with Crippen molar-refractivity contribution in [2.75, 3.05) is 18.4 Å². The van der Waals surface area contributed by atoms with Crippen molar-refractivity contribution in [1.29, 1.82) is 0 Å². The molecule has 0 spiro atoms. The van der Waals surface area contributed by atoms with E-state index in [4.69, 9.17) is 0 Å². The van der Waals surface area contributed by atoms with Gasteiger partial charge in [0, 0.05) is 38.4 Å². The Morgan fingerprint density at radius 1 is 1.43 bits per heavy atom. The molecule has 3 rings (SSSR count). The van der Waals surface area contributed by atoms with Crippen molar-refractivity contribution in [1.82, 2.24) is 24.6 Å². The number of nitrogens with zero attached hydrogens (tertiary/aromatic N) is 5. The Balaban J connectivity index is 1.71. The Kier molecular flexibility index (Phi) is 4.37. The lowest BCUT2D eigenvalue weighted by Gasteiger charge is -2.31. The minimum Gasteiger partial charge on any atom is -0.337 e. The van der Waals surface area contributed by atoms with Crippen LogP contribution in [-0.2, 0) is 11.8 Å². The smallest absolute Gasteiger partial charge is 0.273 e. The van der Waals surface area contributed by atoms with Crippen molar-refractivity contribution in [2.24, 2.45) is 7.05 Å². The molecule has 1 atom stereocenters. The lowest BCUT2D eigenvalue weighted by Crippen LogP contribution is -2.39. The summed E-state index contributed by atoms with van der Waals surface area (Å²) < 4.78 is 1.90. The average molecular weight is 334 g/mol. The van der Waals surface area contributed by atoms with Gasteiger partial charge in [-0.1, -0.05) is 0 Å². The van der Waals surface area contributed by atoms with Gasteiger partial charge in [0.25, 0.3) is 5.91 Å². The van der Waals surface area contributed by atoms with Crippen molar-refractivity contribution >= 4 is 28.3 Å². The number of rotatable bonds is 3. The van der Waals surface area contributed by atoms with Crippen LogP contribution in [0.15, 0.2) is 11.7 Å². The summed E-state index contributed by atoms with van der Waals surface area (Å²) >= 11 is 1.25. The van der Waals surface area contributed by atoms with Crippen LogP contribution < -0.4 is 5.32 Å². The first-order chi connectivity index (χ1) is 11.0. The topological polar surface area (TPSA) is 93.0 Å². The van der Waals surface area contributed by atoms with E-state index in [1.165, 1.54) is 18.3 Å². The fraction of sp³-hybridized carbons (Fsp3) is 0.500. The van der Waals surface area contributed by atoms with E-state index < -0.39 is 0 Å². The number of thiazole rings is 1. The molecule has 122 valence electrons. The van der Waals surface area contributed by atoms with Gasteiger partial charge in [-0.3, -0.25) is 9.59 Å².